The second-order valence-corrected chi connectivity index (χ2v) is 5.75. The molecule has 3 rings (SSSR count). The van der Waals surface area contributed by atoms with Crippen molar-refractivity contribution in [3.05, 3.63) is 29.6 Å². The second kappa shape index (κ2) is 4.07. The average Bonchev–Trinajstić information content (AvgIpc) is 2.77. The first-order valence-electron chi connectivity index (χ1n) is 6.46. The van der Waals surface area contributed by atoms with Gasteiger partial charge in [-0.05, 0) is 45.0 Å². The molecule has 3 heteroatoms. The highest BCUT2D eigenvalue weighted by atomic mass is 15.3. The first-order chi connectivity index (χ1) is 8.15. The molecule has 1 aliphatic carbocycles. The molecule has 1 saturated heterocycles. The van der Waals surface area contributed by atoms with E-state index in [4.69, 9.17) is 0 Å². The van der Waals surface area contributed by atoms with E-state index in [1.807, 2.05) is 0 Å². The molecule has 17 heavy (non-hydrogen) atoms. The van der Waals surface area contributed by atoms with Crippen LogP contribution in [0, 0.1) is 18.8 Å². The molecule has 92 valence electrons. The molecule has 0 amide bonds. The Morgan fingerprint density at radius 2 is 2.00 bits per heavy atom. The molecule has 3 atom stereocenters. The Bertz CT molecular complexity index is 404. The number of rotatable bonds is 3. The molecular formula is C14H21N3. The summed E-state index contributed by atoms with van der Waals surface area (Å²) in [6.45, 7) is 5.59. The predicted octanol–water partition coefficient (Wildman–Crippen LogP) is 1.38. The van der Waals surface area contributed by atoms with E-state index < -0.39 is 0 Å². The summed E-state index contributed by atoms with van der Waals surface area (Å²) in [7, 11) is 4.41. The van der Waals surface area contributed by atoms with Crippen LogP contribution in [-0.4, -0.2) is 48.0 Å². The minimum Gasteiger partial charge on any atom is -0.306 e. The second-order valence-electron chi connectivity index (χ2n) is 5.75. The Balaban J connectivity index is 1.57. The van der Waals surface area contributed by atoms with E-state index in [9.17, 15) is 0 Å². The lowest BCUT2D eigenvalue weighted by Gasteiger charge is -2.21. The van der Waals surface area contributed by atoms with Crippen molar-refractivity contribution in [3.63, 3.8) is 0 Å². The maximum atomic E-state index is 4.58. The van der Waals surface area contributed by atoms with Gasteiger partial charge in [-0.25, -0.2) is 0 Å². The van der Waals surface area contributed by atoms with Crippen LogP contribution in [0.5, 0.6) is 0 Å². The summed E-state index contributed by atoms with van der Waals surface area (Å²) in [5, 5.41) is 0. The normalized spacial score (nSPS) is 31.9. The molecule has 0 bridgehead atoms. The van der Waals surface area contributed by atoms with Gasteiger partial charge in [-0.15, -0.1) is 0 Å². The van der Waals surface area contributed by atoms with E-state index >= 15 is 0 Å². The van der Waals surface area contributed by atoms with Gasteiger partial charge in [0.15, 0.2) is 0 Å². The van der Waals surface area contributed by atoms with Crippen LogP contribution in [0.1, 0.15) is 11.4 Å². The zero-order valence-corrected chi connectivity index (χ0v) is 10.9. The van der Waals surface area contributed by atoms with Gasteiger partial charge in [0.2, 0.25) is 0 Å². The smallest absolute Gasteiger partial charge is 0.0547 e. The molecule has 2 aliphatic rings. The molecule has 2 heterocycles. The van der Waals surface area contributed by atoms with E-state index in [2.05, 4.69) is 54.0 Å². The number of pyridine rings is 1. The fraction of sp³-hybridized carbons (Fsp3) is 0.643. The highest BCUT2D eigenvalue weighted by molar-refractivity contribution is 5.13. The van der Waals surface area contributed by atoms with Crippen LogP contribution in [0.25, 0.3) is 0 Å². The molecule has 0 spiro atoms. The molecule has 1 saturated carbocycles. The number of nitrogens with zero attached hydrogens (tertiary/aromatic N) is 3. The first-order valence-corrected chi connectivity index (χ1v) is 6.46. The van der Waals surface area contributed by atoms with Crippen molar-refractivity contribution in [1.82, 2.24) is 14.8 Å². The van der Waals surface area contributed by atoms with Crippen molar-refractivity contribution < 1.29 is 0 Å². The fourth-order valence-corrected chi connectivity index (χ4v) is 3.39. The Hall–Kier alpha value is -0.930. The molecule has 1 aromatic rings. The van der Waals surface area contributed by atoms with Gasteiger partial charge in [-0.1, -0.05) is 6.07 Å². The summed E-state index contributed by atoms with van der Waals surface area (Å²) in [5.74, 6) is 1.82. The molecule has 0 N–H and O–H groups in total. The lowest BCUT2D eigenvalue weighted by atomic mass is 10.3. The Kier molecular flexibility index (Phi) is 2.68. The van der Waals surface area contributed by atoms with Crippen molar-refractivity contribution >= 4 is 0 Å². The summed E-state index contributed by atoms with van der Waals surface area (Å²) in [6.07, 6.45) is 0. The van der Waals surface area contributed by atoms with Crippen LogP contribution in [0.2, 0.25) is 0 Å². The lowest BCUT2D eigenvalue weighted by molar-refractivity contribution is 0.242. The summed E-state index contributed by atoms with van der Waals surface area (Å²) >= 11 is 0. The van der Waals surface area contributed by atoms with Gasteiger partial charge < -0.3 is 4.90 Å². The minimum absolute atomic E-state index is 0.844. The minimum atomic E-state index is 0.844. The molecule has 1 aliphatic heterocycles. The van der Waals surface area contributed by atoms with Crippen LogP contribution < -0.4 is 0 Å². The zero-order chi connectivity index (χ0) is 12.0. The number of fused-ring (bicyclic) bond motifs is 1. The Morgan fingerprint density at radius 1 is 1.29 bits per heavy atom. The van der Waals surface area contributed by atoms with Gasteiger partial charge in [-0.3, -0.25) is 9.88 Å². The number of hydrogen-bond acceptors (Lipinski definition) is 3. The quantitative estimate of drug-likeness (QED) is 0.783. The van der Waals surface area contributed by atoms with Gasteiger partial charge in [0, 0.05) is 31.4 Å². The van der Waals surface area contributed by atoms with Gasteiger partial charge in [-0.2, -0.15) is 0 Å². The van der Waals surface area contributed by atoms with E-state index in [-0.39, 0.29) is 0 Å². The van der Waals surface area contributed by atoms with E-state index in [0.717, 1.165) is 30.1 Å². The fourth-order valence-electron chi connectivity index (χ4n) is 3.39. The van der Waals surface area contributed by atoms with Gasteiger partial charge in [0.25, 0.3) is 0 Å². The van der Waals surface area contributed by atoms with Crippen LogP contribution in [0.3, 0.4) is 0 Å². The molecular weight excluding hydrogens is 210 g/mol. The highest BCUT2D eigenvalue weighted by Gasteiger charge is 2.56. The largest absolute Gasteiger partial charge is 0.306 e. The van der Waals surface area contributed by atoms with Gasteiger partial charge >= 0.3 is 0 Å². The highest BCUT2D eigenvalue weighted by Crippen LogP contribution is 2.48. The van der Waals surface area contributed by atoms with Crippen LogP contribution in [-0.2, 0) is 6.54 Å². The van der Waals surface area contributed by atoms with Gasteiger partial charge in [0.05, 0.1) is 5.69 Å². The monoisotopic (exact) mass is 231 g/mol. The number of aryl methyl sites for hydroxylation is 1. The molecule has 1 aromatic heterocycles. The Morgan fingerprint density at radius 3 is 2.59 bits per heavy atom. The van der Waals surface area contributed by atoms with Crippen LogP contribution in [0.4, 0.5) is 0 Å². The summed E-state index contributed by atoms with van der Waals surface area (Å²) in [6, 6.07) is 7.15. The summed E-state index contributed by atoms with van der Waals surface area (Å²) in [4.78, 5) is 9.52. The third kappa shape index (κ3) is 2.09. The lowest BCUT2D eigenvalue weighted by Crippen LogP contribution is -2.30. The van der Waals surface area contributed by atoms with Crippen molar-refractivity contribution in [2.24, 2.45) is 11.8 Å². The maximum absolute atomic E-state index is 4.58. The van der Waals surface area contributed by atoms with Crippen LogP contribution in [0.15, 0.2) is 18.2 Å². The van der Waals surface area contributed by atoms with Crippen LogP contribution >= 0.6 is 0 Å². The van der Waals surface area contributed by atoms with Crippen molar-refractivity contribution in [2.75, 3.05) is 27.2 Å². The SMILES string of the molecule is Cc1cccc(CN2C[C@@H]3C(N(C)C)[C@@H]3C2)n1. The number of piperidine rings is 1. The van der Waals surface area contributed by atoms with E-state index in [1.165, 1.54) is 18.8 Å². The Labute approximate surface area is 103 Å². The average molecular weight is 231 g/mol. The zero-order valence-electron chi connectivity index (χ0n) is 10.9. The summed E-state index contributed by atoms with van der Waals surface area (Å²) < 4.78 is 0. The summed E-state index contributed by atoms with van der Waals surface area (Å²) in [5.41, 5.74) is 2.34. The molecule has 2 fully saturated rings. The van der Waals surface area contributed by atoms with Crippen molar-refractivity contribution in [3.8, 4) is 0 Å². The molecule has 3 nitrogen and oxygen atoms in total. The predicted molar refractivity (Wildman–Crippen MR) is 68.7 cm³/mol. The topological polar surface area (TPSA) is 19.4 Å². The standard InChI is InChI=1S/C14H21N3/c1-10-5-4-6-11(15-10)7-17-8-12-13(9-17)14(12)16(2)3/h4-6,12-14H,7-9H2,1-3H3/t12-,13+,14?. The molecule has 0 radical (unpaired) electrons. The number of aromatic nitrogens is 1. The number of hydrogen-bond donors (Lipinski definition) is 0. The van der Waals surface area contributed by atoms with E-state index in [1.54, 1.807) is 0 Å². The maximum Gasteiger partial charge on any atom is 0.0547 e. The van der Waals surface area contributed by atoms with E-state index in [0.29, 0.717) is 0 Å². The first kappa shape index (κ1) is 11.2. The third-order valence-electron chi connectivity index (χ3n) is 4.15. The van der Waals surface area contributed by atoms with Gasteiger partial charge in [0.1, 0.15) is 0 Å². The number of likely N-dealkylation sites (tertiary alicyclic amines) is 1. The molecule has 1 unspecified atom stereocenters. The van der Waals surface area contributed by atoms with Crippen molar-refractivity contribution in [1.29, 1.82) is 0 Å². The van der Waals surface area contributed by atoms with Crippen molar-refractivity contribution in [2.45, 2.75) is 19.5 Å². The molecule has 0 aromatic carbocycles. The third-order valence-corrected chi connectivity index (χ3v) is 4.15.